The monoisotopic (exact) mass is 227 g/mol. The first kappa shape index (κ1) is 29.8. The zero-order valence-corrected chi connectivity index (χ0v) is 6.86. The fourth-order valence-electron chi connectivity index (χ4n) is 0. The average molecular weight is 227 g/mol. The maximum atomic E-state index is 7.88. The third kappa shape index (κ3) is 1690. The van der Waals surface area contributed by atoms with Crippen molar-refractivity contribution in [1.29, 1.82) is 0 Å². The van der Waals surface area contributed by atoms with Gasteiger partial charge in [-0.1, -0.05) is 0 Å². The molecule has 0 amide bonds. The quantitative estimate of drug-likeness (QED) is 0.221. The summed E-state index contributed by atoms with van der Waals surface area (Å²) in [5, 5.41) is 52.5. The Hall–Kier alpha value is 0.692. The Morgan fingerprint density at radius 2 is 0.545 bits per heavy atom. The van der Waals surface area contributed by atoms with E-state index in [9.17, 15) is 0 Å². The molecule has 0 saturated carbocycles. The average Bonchev–Trinajstić information content (AvgIpc) is 1.70. The summed E-state index contributed by atoms with van der Waals surface area (Å²) in [6.07, 6.45) is 0. The standard InChI is InChI=1S/Al.Fe.3H2O3/c;;3*1-3-2/h;;3*1-2H/q2*+3;;;/p-6. The number of hydrogen-bond donors (Lipinski definition) is 0. The second-order valence-electron chi connectivity index (χ2n) is 0.204. The minimum Gasteiger partial charge on any atom is -0.734 e. The zero-order valence-electron chi connectivity index (χ0n) is 4.61. The molecule has 0 heterocycles. The maximum absolute atomic E-state index is 7.88. The summed E-state index contributed by atoms with van der Waals surface area (Å²) in [7, 11) is 0. The second-order valence-corrected chi connectivity index (χ2v) is 0.204. The second kappa shape index (κ2) is 73.7. The van der Waals surface area contributed by atoms with Gasteiger partial charge in [0.15, 0.2) is 0 Å². The molecule has 0 aliphatic heterocycles. The molecule has 0 aromatic rings. The van der Waals surface area contributed by atoms with Gasteiger partial charge in [-0.25, -0.2) is 0 Å². The molecule has 0 spiro atoms. The van der Waals surface area contributed by atoms with Gasteiger partial charge in [0, 0.05) is 0 Å². The number of rotatable bonds is 0. The SMILES string of the molecule is [Al+3].[Fe+3].[O-]O[O-].[O-]O[O-].[O-]O[O-]. The molecule has 11 heteroatoms. The molecule has 0 aliphatic rings. The smallest absolute Gasteiger partial charge is 0.734 e. The van der Waals surface area contributed by atoms with Crippen LogP contribution in [-0.4, -0.2) is 17.4 Å². The van der Waals surface area contributed by atoms with Gasteiger partial charge in [0.1, 0.15) is 0 Å². The van der Waals surface area contributed by atoms with Crippen LogP contribution >= 0.6 is 0 Å². The van der Waals surface area contributed by atoms with Gasteiger partial charge >= 0.3 is 34.4 Å². The van der Waals surface area contributed by atoms with Gasteiger partial charge in [0.05, 0.1) is 0 Å². The molecular formula is AlFeO9. The molecule has 9 nitrogen and oxygen atoms in total. The van der Waals surface area contributed by atoms with E-state index in [4.69, 9.17) is 31.5 Å². The van der Waals surface area contributed by atoms with E-state index in [2.05, 4.69) is 0 Å². The molecule has 65 valence electrons. The number of hydrogen-bond acceptors (Lipinski definition) is 9. The van der Waals surface area contributed by atoms with Gasteiger partial charge in [0.2, 0.25) is 0 Å². The summed E-state index contributed by atoms with van der Waals surface area (Å²) in [4.78, 5) is 0. The Morgan fingerprint density at radius 1 is 0.545 bits per heavy atom. The van der Waals surface area contributed by atoms with Crippen LogP contribution in [0, 0.1) is 0 Å². The van der Waals surface area contributed by atoms with Crippen LogP contribution < -0.4 is 31.5 Å². The minimum atomic E-state index is 0. The molecule has 11 heavy (non-hydrogen) atoms. The van der Waals surface area contributed by atoms with Crippen molar-refractivity contribution in [3.63, 3.8) is 0 Å². The molecule has 0 rings (SSSR count). The Bertz CT molecular complexity index is 14.3. The molecule has 0 aromatic heterocycles. The van der Waals surface area contributed by atoms with Crippen molar-refractivity contribution in [2.45, 2.75) is 0 Å². The Labute approximate surface area is 81.5 Å². The van der Waals surface area contributed by atoms with Crippen LogP contribution in [0.15, 0.2) is 0 Å². The Kier molecular flexibility index (Phi) is 200. The summed E-state index contributed by atoms with van der Waals surface area (Å²) >= 11 is 0. The van der Waals surface area contributed by atoms with Crippen molar-refractivity contribution < 1.29 is 63.7 Å². The van der Waals surface area contributed by atoms with Crippen LogP contribution in [-0.2, 0) is 32.2 Å². The normalized spacial score (nSPS) is 4.91. The van der Waals surface area contributed by atoms with Gasteiger partial charge in [-0.05, 0) is 0 Å². The van der Waals surface area contributed by atoms with Crippen LogP contribution in [0.3, 0.4) is 0 Å². The van der Waals surface area contributed by atoms with Crippen molar-refractivity contribution in [3.8, 4) is 0 Å². The van der Waals surface area contributed by atoms with Gasteiger partial charge in [0.25, 0.3) is 0 Å². The summed E-state index contributed by atoms with van der Waals surface area (Å²) in [5.41, 5.74) is 0. The molecule has 0 unspecified atom stereocenters. The third-order valence-corrected chi connectivity index (χ3v) is 0. The van der Waals surface area contributed by atoms with E-state index in [0.29, 0.717) is 0 Å². The topological polar surface area (TPSA) is 166 Å². The van der Waals surface area contributed by atoms with Crippen molar-refractivity contribution >= 4 is 17.4 Å². The van der Waals surface area contributed by atoms with E-state index in [-0.39, 0.29) is 34.4 Å². The van der Waals surface area contributed by atoms with E-state index >= 15 is 0 Å². The van der Waals surface area contributed by atoms with Gasteiger partial charge in [-0.15, -0.1) is 0 Å². The molecular weight excluding hydrogens is 227 g/mol. The fraction of sp³-hybridized carbons (Fsp3) is 0. The molecule has 0 N–H and O–H groups in total. The van der Waals surface area contributed by atoms with Crippen LogP contribution in [0.4, 0.5) is 0 Å². The van der Waals surface area contributed by atoms with Crippen molar-refractivity contribution in [2.75, 3.05) is 0 Å². The third-order valence-electron chi connectivity index (χ3n) is 0. The minimum absolute atomic E-state index is 0. The predicted molar refractivity (Wildman–Crippen MR) is 9.01 cm³/mol. The summed E-state index contributed by atoms with van der Waals surface area (Å²) in [6.45, 7) is 0. The molecule has 0 bridgehead atoms. The van der Waals surface area contributed by atoms with Gasteiger partial charge in [-0.2, -0.15) is 0 Å². The van der Waals surface area contributed by atoms with Gasteiger partial charge in [-0.3, -0.25) is 0 Å². The first-order valence-corrected chi connectivity index (χ1v) is 1.00. The summed E-state index contributed by atoms with van der Waals surface area (Å²) in [5.74, 6) is 0. The van der Waals surface area contributed by atoms with Crippen LogP contribution in [0.2, 0.25) is 0 Å². The first-order chi connectivity index (χ1) is 4.24. The molecule has 0 fully saturated rings. The molecule has 0 saturated heterocycles. The fourth-order valence-corrected chi connectivity index (χ4v) is 0. The summed E-state index contributed by atoms with van der Waals surface area (Å²) < 4.78 is 0. The van der Waals surface area contributed by atoms with Crippen molar-refractivity contribution in [1.82, 2.24) is 0 Å². The predicted octanol–water partition coefficient (Wildman–Crippen LogP) is -7.72. The largest absolute Gasteiger partial charge is 3.00 e. The van der Waals surface area contributed by atoms with E-state index in [1.807, 2.05) is 0 Å². The van der Waals surface area contributed by atoms with Crippen molar-refractivity contribution in [3.05, 3.63) is 0 Å². The zero-order chi connectivity index (χ0) is 8.12. The molecule has 0 aliphatic carbocycles. The van der Waals surface area contributed by atoms with E-state index < -0.39 is 0 Å². The van der Waals surface area contributed by atoms with Crippen LogP contribution in [0.5, 0.6) is 0 Å². The Balaban J connectivity index is -0.0000000150. The first-order valence-electron chi connectivity index (χ1n) is 1.00. The molecule has 1 radical (unpaired) electrons. The Morgan fingerprint density at radius 3 is 0.545 bits per heavy atom. The van der Waals surface area contributed by atoms with E-state index in [1.54, 1.807) is 15.1 Å². The van der Waals surface area contributed by atoms with E-state index in [0.717, 1.165) is 0 Å². The maximum Gasteiger partial charge on any atom is 3.00 e. The van der Waals surface area contributed by atoms with Gasteiger partial charge < -0.3 is 46.7 Å². The van der Waals surface area contributed by atoms with Crippen molar-refractivity contribution in [2.24, 2.45) is 0 Å². The van der Waals surface area contributed by atoms with Crippen LogP contribution in [0.1, 0.15) is 0 Å². The summed E-state index contributed by atoms with van der Waals surface area (Å²) in [6, 6.07) is 0. The molecule has 0 atom stereocenters. The molecule has 0 aromatic carbocycles. The van der Waals surface area contributed by atoms with Crippen LogP contribution in [0.25, 0.3) is 0 Å². The van der Waals surface area contributed by atoms with E-state index in [1.165, 1.54) is 0 Å².